The molecule has 3 rings (SSSR count). The van der Waals surface area contributed by atoms with Gasteiger partial charge >= 0.3 is 0 Å². The quantitative estimate of drug-likeness (QED) is 0.870. The van der Waals surface area contributed by atoms with E-state index >= 15 is 0 Å². The van der Waals surface area contributed by atoms with E-state index in [9.17, 15) is 13.6 Å². The molecular formula is C17H17F2NOS. The molecule has 0 bridgehead atoms. The Morgan fingerprint density at radius 2 is 1.95 bits per heavy atom. The Bertz CT molecular complexity index is 651. The van der Waals surface area contributed by atoms with Crippen molar-refractivity contribution in [3.63, 3.8) is 0 Å². The second-order valence-electron chi connectivity index (χ2n) is 5.61. The molecule has 1 aliphatic carbocycles. The van der Waals surface area contributed by atoms with Crippen molar-refractivity contribution in [2.24, 2.45) is 5.92 Å². The van der Waals surface area contributed by atoms with Gasteiger partial charge in [-0.3, -0.25) is 4.79 Å². The lowest BCUT2D eigenvalue weighted by Gasteiger charge is -2.24. The Hall–Kier alpha value is -1.75. The van der Waals surface area contributed by atoms with E-state index in [1.54, 1.807) is 11.3 Å². The molecule has 1 saturated carbocycles. The zero-order valence-corrected chi connectivity index (χ0v) is 12.8. The smallest absolute Gasteiger partial charge is 0.254 e. The van der Waals surface area contributed by atoms with Crippen LogP contribution in [0.5, 0.6) is 0 Å². The number of halogens is 2. The van der Waals surface area contributed by atoms with E-state index in [1.807, 2.05) is 17.5 Å². The summed E-state index contributed by atoms with van der Waals surface area (Å²) in [5, 5.41) is 4.88. The molecule has 5 heteroatoms. The molecule has 1 N–H and O–H groups in total. The second kappa shape index (κ2) is 6.57. The maximum atomic E-state index is 13.8. The van der Waals surface area contributed by atoms with Crippen molar-refractivity contribution in [3.05, 3.63) is 57.8 Å². The van der Waals surface area contributed by atoms with Crippen molar-refractivity contribution >= 4 is 17.2 Å². The number of carbonyl (C=O) groups is 1. The van der Waals surface area contributed by atoms with Gasteiger partial charge in [0.05, 0.1) is 11.6 Å². The van der Waals surface area contributed by atoms with Crippen molar-refractivity contribution in [2.75, 3.05) is 0 Å². The van der Waals surface area contributed by atoms with Crippen LogP contribution in [0.1, 0.15) is 47.0 Å². The predicted octanol–water partition coefficient (Wildman–Crippen LogP) is 4.69. The highest BCUT2D eigenvalue weighted by Gasteiger charge is 2.29. The van der Waals surface area contributed by atoms with Gasteiger partial charge in [0.15, 0.2) is 11.6 Å². The highest BCUT2D eigenvalue weighted by molar-refractivity contribution is 7.10. The van der Waals surface area contributed by atoms with Gasteiger partial charge in [-0.2, -0.15) is 0 Å². The van der Waals surface area contributed by atoms with Crippen LogP contribution in [0, 0.1) is 17.6 Å². The van der Waals surface area contributed by atoms with Crippen LogP contribution in [0.4, 0.5) is 8.78 Å². The lowest BCUT2D eigenvalue weighted by atomic mass is 9.96. The topological polar surface area (TPSA) is 29.1 Å². The fourth-order valence-corrected chi connectivity index (χ4v) is 3.95. The number of amides is 1. The van der Waals surface area contributed by atoms with Gasteiger partial charge < -0.3 is 5.32 Å². The molecule has 1 unspecified atom stereocenters. The molecule has 2 aromatic rings. The van der Waals surface area contributed by atoms with E-state index < -0.39 is 17.5 Å². The molecule has 0 saturated heterocycles. The van der Waals surface area contributed by atoms with Crippen LogP contribution in [0.2, 0.25) is 0 Å². The van der Waals surface area contributed by atoms with Gasteiger partial charge in [0.1, 0.15) is 0 Å². The van der Waals surface area contributed by atoms with Crippen molar-refractivity contribution in [2.45, 2.75) is 31.7 Å². The predicted molar refractivity (Wildman–Crippen MR) is 82.8 cm³/mol. The Morgan fingerprint density at radius 3 is 2.64 bits per heavy atom. The van der Waals surface area contributed by atoms with E-state index in [0.717, 1.165) is 36.6 Å². The van der Waals surface area contributed by atoms with Crippen LogP contribution < -0.4 is 5.32 Å². The number of benzene rings is 1. The summed E-state index contributed by atoms with van der Waals surface area (Å²) < 4.78 is 27.1. The molecule has 0 aliphatic heterocycles. The van der Waals surface area contributed by atoms with Crippen molar-refractivity contribution in [1.29, 1.82) is 0 Å². The zero-order chi connectivity index (χ0) is 15.5. The Morgan fingerprint density at radius 1 is 1.18 bits per heavy atom. The summed E-state index contributed by atoms with van der Waals surface area (Å²) in [5.41, 5.74) is -0.237. The van der Waals surface area contributed by atoms with Gasteiger partial charge in [-0.1, -0.05) is 25.0 Å². The van der Waals surface area contributed by atoms with Crippen LogP contribution in [-0.2, 0) is 0 Å². The van der Waals surface area contributed by atoms with Gasteiger partial charge in [0, 0.05) is 4.88 Å². The van der Waals surface area contributed by atoms with Gasteiger partial charge in [-0.05, 0) is 42.3 Å². The molecule has 1 aliphatic rings. The molecule has 1 fully saturated rings. The van der Waals surface area contributed by atoms with E-state index in [4.69, 9.17) is 0 Å². The fraction of sp³-hybridized carbons (Fsp3) is 0.353. The van der Waals surface area contributed by atoms with E-state index in [0.29, 0.717) is 5.92 Å². The molecule has 1 aromatic heterocycles. The first kappa shape index (κ1) is 15.2. The third-order valence-electron chi connectivity index (χ3n) is 4.20. The second-order valence-corrected chi connectivity index (χ2v) is 6.59. The monoisotopic (exact) mass is 321 g/mol. The summed E-state index contributed by atoms with van der Waals surface area (Å²) in [7, 11) is 0. The average molecular weight is 321 g/mol. The average Bonchev–Trinajstić information content (AvgIpc) is 3.20. The Labute approximate surface area is 132 Å². The van der Waals surface area contributed by atoms with Crippen LogP contribution in [0.3, 0.4) is 0 Å². The lowest BCUT2D eigenvalue weighted by Crippen LogP contribution is -2.32. The van der Waals surface area contributed by atoms with E-state index in [1.165, 1.54) is 12.1 Å². The Kier molecular flexibility index (Phi) is 4.52. The summed E-state index contributed by atoms with van der Waals surface area (Å²) in [6.45, 7) is 0. The minimum atomic E-state index is -1.09. The molecule has 1 aromatic carbocycles. The summed E-state index contributed by atoms with van der Waals surface area (Å²) >= 11 is 1.58. The van der Waals surface area contributed by atoms with Gasteiger partial charge in [-0.15, -0.1) is 11.3 Å². The van der Waals surface area contributed by atoms with Gasteiger partial charge in [0.25, 0.3) is 5.91 Å². The lowest BCUT2D eigenvalue weighted by molar-refractivity contribution is 0.0917. The SMILES string of the molecule is O=C(NC(c1cccs1)C1CCCC1)c1cccc(F)c1F. The first-order valence-electron chi connectivity index (χ1n) is 7.45. The number of hydrogen-bond acceptors (Lipinski definition) is 2. The van der Waals surface area contributed by atoms with Crippen molar-refractivity contribution in [1.82, 2.24) is 5.32 Å². The zero-order valence-electron chi connectivity index (χ0n) is 12.0. The number of hydrogen-bond donors (Lipinski definition) is 1. The molecule has 22 heavy (non-hydrogen) atoms. The molecule has 1 atom stereocenters. The van der Waals surface area contributed by atoms with Gasteiger partial charge in [0.2, 0.25) is 0 Å². The molecular weight excluding hydrogens is 304 g/mol. The summed E-state index contributed by atoms with van der Waals surface area (Å²) in [4.78, 5) is 13.4. The third-order valence-corrected chi connectivity index (χ3v) is 5.16. The molecule has 1 amide bonds. The normalized spacial score (nSPS) is 16.6. The van der Waals surface area contributed by atoms with E-state index in [2.05, 4.69) is 5.32 Å². The highest BCUT2D eigenvalue weighted by Crippen LogP contribution is 2.37. The molecule has 0 radical (unpaired) electrons. The number of rotatable bonds is 4. The maximum Gasteiger partial charge on any atom is 0.254 e. The first-order chi connectivity index (χ1) is 10.7. The van der Waals surface area contributed by atoms with Crippen molar-refractivity contribution in [3.8, 4) is 0 Å². The van der Waals surface area contributed by atoms with E-state index in [-0.39, 0.29) is 11.6 Å². The number of thiophene rings is 1. The Balaban J connectivity index is 1.84. The first-order valence-corrected chi connectivity index (χ1v) is 8.33. The fourth-order valence-electron chi connectivity index (χ4n) is 3.08. The third kappa shape index (κ3) is 3.04. The van der Waals surface area contributed by atoms with Crippen LogP contribution in [0.25, 0.3) is 0 Å². The van der Waals surface area contributed by atoms with Crippen LogP contribution >= 0.6 is 11.3 Å². The van der Waals surface area contributed by atoms with Crippen LogP contribution in [0.15, 0.2) is 35.7 Å². The summed E-state index contributed by atoms with van der Waals surface area (Å²) in [5.74, 6) is -2.28. The molecule has 116 valence electrons. The maximum absolute atomic E-state index is 13.8. The standard InChI is InChI=1S/C17H17F2NOS/c18-13-8-3-7-12(15(13)19)17(21)20-16(11-5-1-2-6-11)14-9-4-10-22-14/h3-4,7-11,16H,1-2,5-6H2,(H,20,21). The molecule has 1 heterocycles. The molecule has 0 spiro atoms. The number of carbonyl (C=O) groups excluding carboxylic acids is 1. The summed E-state index contributed by atoms with van der Waals surface area (Å²) in [6, 6.07) is 7.47. The summed E-state index contributed by atoms with van der Waals surface area (Å²) in [6.07, 6.45) is 4.40. The molecule has 2 nitrogen and oxygen atoms in total. The number of nitrogens with one attached hydrogen (secondary N) is 1. The van der Waals surface area contributed by atoms with Gasteiger partial charge in [-0.25, -0.2) is 8.78 Å². The van der Waals surface area contributed by atoms with Crippen molar-refractivity contribution < 1.29 is 13.6 Å². The minimum Gasteiger partial charge on any atom is -0.344 e. The largest absolute Gasteiger partial charge is 0.344 e. The highest BCUT2D eigenvalue weighted by atomic mass is 32.1. The van der Waals surface area contributed by atoms with Crippen LogP contribution in [-0.4, -0.2) is 5.91 Å². The minimum absolute atomic E-state index is 0.127.